The second kappa shape index (κ2) is 7.73. The van der Waals surface area contributed by atoms with E-state index in [1.165, 1.54) is 21.7 Å². The SMILES string of the molecule is Cc1ccc(C(=O)NC2C3(C)CCC(C3)C2(C)C)cc1S(=O)(=O)N1CCN(C(=O)O)CC1. The number of amides is 2. The lowest BCUT2D eigenvalue weighted by Gasteiger charge is -2.43. The molecule has 9 heteroatoms. The minimum atomic E-state index is -3.83. The van der Waals surface area contributed by atoms with Crippen LogP contribution >= 0.6 is 0 Å². The number of piperazine rings is 1. The normalized spacial score (nSPS) is 29.8. The summed E-state index contributed by atoms with van der Waals surface area (Å²) >= 11 is 0. The highest BCUT2D eigenvalue weighted by atomic mass is 32.2. The van der Waals surface area contributed by atoms with E-state index >= 15 is 0 Å². The van der Waals surface area contributed by atoms with Gasteiger partial charge in [0, 0.05) is 37.8 Å². The van der Waals surface area contributed by atoms with Crippen LogP contribution in [0.5, 0.6) is 0 Å². The van der Waals surface area contributed by atoms with Crippen LogP contribution in [0.25, 0.3) is 0 Å². The van der Waals surface area contributed by atoms with Crippen molar-refractivity contribution in [2.45, 2.75) is 57.9 Å². The van der Waals surface area contributed by atoms with Gasteiger partial charge in [0.15, 0.2) is 0 Å². The number of sulfonamides is 1. The number of rotatable bonds is 4. The average molecular weight is 464 g/mol. The van der Waals surface area contributed by atoms with Crippen LogP contribution in [0.1, 0.15) is 56.0 Å². The van der Waals surface area contributed by atoms with Gasteiger partial charge in [-0.05, 0) is 60.6 Å². The second-order valence-corrected chi connectivity index (χ2v) is 12.4. The highest BCUT2D eigenvalue weighted by Gasteiger charge is 2.59. The maximum atomic E-state index is 13.3. The molecule has 1 aromatic carbocycles. The van der Waals surface area contributed by atoms with E-state index in [0.29, 0.717) is 17.0 Å². The molecule has 32 heavy (non-hydrogen) atoms. The first kappa shape index (κ1) is 23.0. The number of aryl methyl sites for hydroxylation is 1. The van der Waals surface area contributed by atoms with Gasteiger partial charge in [-0.25, -0.2) is 13.2 Å². The van der Waals surface area contributed by atoms with Gasteiger partial charge in [-0.15, -0.1) is 0 Å². The zero-order chi connectivity index (χ0) is 23.5. The van der Waals surface area contributed by atoms with E-state index in [0.717, 1.165) is 12.8 Å². The van der Waals surface area contributed by atoms with Gasteiger partial charge < -0.3 is 15.3 Å². The molecule has 176 valence electrons. The standard InChI is InChI=1S/C23H33N3O5S/c1-15-5-6-16(19(27)24-20-22(2,3)17-7-8-23(20,4)14-17)13-18(15)32(30,31)26-11-9-25(10-12-26)21(28)29/h5-6,13,17,20H,7-12,14H2,1-4H3,(H,24,27)(H,28,29). The molecule has 0 spiro atoms. The number of hydrogen-bond donors (Lipinski definition) is 2. The van der Waals surface area contributed by atoms with E-state index in [9.17, 15) is 18.0 Å². The Balaban J connectivity index is 1.55. The molecule has 3 aliphatic rings. The molecule has 1 saturated heterocycles. The lowest BCUT2D eigenvalue weighted by atomic mass is 9.68. The zero-order valence-electron chi connectivity index (χ0n) is 19.2. The minimum Gasteiger partial charge on any atom is -0.465 e. The number of hydrogen-bond acceptors (Lipinski definition) is 4. The van der Waals surface area contributed by atoms with Gasteiger partial charge >= 0.3 is 6.09 Å². The summed E-state index contributed by atoms with van der Waals surface area (Å²) in [6.07, 6.45) is 2.36. The molecule has 4 rings (SSSR count). The minimum absolute atomic E-state index is 0.00603. The molecule has 3 fully saturated rings. The van der Waals surface area contributed by atoms with Crippen LogP contribution in [0.15, 0.2) is 23.1 Å². The van der Waals surface area contributed by atoms with Gasteiger partial charge in [0.05, 0.1) is 4.90 Å². The Morgan fingerprint density at radius 2 is 1.78 bits per heavy atom. The maximum Gasteiger partial charge on any atom is 0.407 e. The fourth-order valence-electron chi connectivity index (χ4n) is 6.15. The van der Waals surface area contributed by atoms with E-state index in [4.69, 9.17) is 5.11 Å². The molecule has 2 bridgehead atoms. The number of carbonyl (C=O) groups is 2. The van der Waals surface area contributed by atoms with Crippen molar-refractivity contribution in [3.63, 3.8) is 0 Å². The Morgan fingerprint density at radius 1 is 1.12 bits per heavy atom. The average Bonchev–Trinajstić information content (AvgIpc) is 3.22. The molecule has 2 N–H and O–H groups in total. The van der Waals surface area contributed by atoms with Crippen LogP contribution in [0.4, 0.5) is 4.79 Å². The van der Waals surface area contributed by atoms with Crippen molar-refractivity contribution in [2.24, 2.45) is 16.7 Å². The first-order chi connectivity index (χ1) is 14.9. The molecule has 3 unspecified atom stereocenters. The van der Waals surface area contributed by atoms with Gasteiger partial charge in [0.25, 0.3) is 5.91 Å². The fourth-order valence-corrected chi connectivity index (χ4v) is 7.83. The summed E-state index contributed by atoms with van der Waals surface area (Å²) in [6.45, 7) is 8.84. The topological polar surface area (TPSA) is 107 Å². The van der Waals surface area contributed by atoms with Gasteiger partial charge in [-0.2, -0.15) is 4.31 Å². The van der Waals surface area contributed by atoms with E-state index in [-0.39, 0.29) is 53.9 Å². The van der Waals surface area contributed by atoms with E-state index in [1.807, 2.05) is 0 Å². The predicted octanol–water partition coefficient (Wildman–Crippen LogP) is 2.92. The lowest BCUT2D eigenvalue weighted by molar-refractivity contribution is 0.0737. The summed E-state index contributed by atoms with van der Waals surface area (Å²) in [4.78, 5) is 25.6. The van der Waals surface area contributed by atoms with Crippen LogP contribution < -0.4 is 5.32 Å². The van der Waals surface area contributed by atoms with Crippen molar-refractivity contribution in [3.05, 3.63) is 29.3 Å². The third kappa shape index (κ3) is 3.69. The molecular formula is C23H33N3O5S. The van der Waals surface area contributed by atoms with Gasteiger partial charge in [-0.3, -0.25) is 4.79 Å². The van der Waals surface area contributed by atoms with E-state index < -0.39 is 16.1 Å². The Bertz CT molecular complexity index is 1040. The zero-order valence-corrected chi connectivity index (χ0v) is 20.0. The van der Waals surface area contributed by atoms with Crippen molar-refractivity contribution >= 4 is 22.0 Å². The highest BCUT2D eigenvalue weighted by molar-refractivity contribution is 7.89. The van der Waals surface area contributed by atoms with Crippen molar-refractivity contribution < 1.29 is 23.1 Å². The monoisotopic (exact) mass is 463 g/mol. The largest absolute Gasteiger partial charge is 0.465 e. The summed E-state index contributed by atoms with van der Waals surface area (Å²) in [5.41, 5.74) is 0.981. The number of carbonyl (C=O) groups excluding carboxylic acids is 1. The van der Waals surface area contributed by atoms with Gasteiger partial charge in [0.2, 0.25) is 10.0 Å². The lowest BCUT2D eigenvalue weighted by Crippen LogP contribution is -2.52. The Kier molecular flexibility index (Phi) is 5.56. The number of fused-ring (bicyclic) bond motifs is 2. The molecule has 1 heterocycles. The number of nitrogens with one attached hydrogen (secondary N) is 1. The van der Waals surface area contributed by atoms with Crippen LogP contribution in [0.3, 0.4) is 0 Å². The molecule has 0 aromatic heterocycles. The van der Waals surface area contributed by atoms with Crippen LogP contribution in [-0.4, -0.2) is 67.0 Å². The molecule has 3 atom stereocenters. The smallest absolute Gasteiger partial charge is 0.407 e. The van der Waals surface area contributed by atoms with Gasteiger partial charge in [-0.1, -0.05) is 26.8 Å². The van der Waals surface area contributed by atoms with Crippen molar-refractivity contribution in [3.8, 4) is 0 Å². The third-order valence-corrected chi connectivity index (χ3v) is 10.2. The fraction of sp³-hybridized carbons (Fsp3) is 0.652. The number of nitrogens with zero attached hydrogens (tertiary/aromatic N) is 2. The summed E-state index contributed by atoms with van der Waals surface area (Å²) in [6, 6.07) is 4.86. The second-order valence-electron chi connectivity index (χ2n) is 10.5. The Morgan fingerprint density at radius 3 is 2.34 bits per heavy atom. The molecule has 8 nitrogen and oxygen atoms in total. The molecule has 2 aliphatic carbocycles. The van der Waals surface area contributed by atoms with E-state index in [1.54, 1.807) is 19.1 Å². The maximum absolute atomic E-state index is 13.3. The quantitative estimate of drug-likeness (QED) is 0.714. The Labute approximate surface area is 190 Å². The van der Waals surface area contributed by atoms with Crippen LogP contribution in [0.2, 0.25) is 0 Å². The first-order valence-electron chi connectivity index (χ1n) is 11.3. The molecular weight excluding hydrogens is 430 g/mol. The highest BCUT2D eigenvalue weighted by Crippen LogP contribution is 2.62. The van der Waals surface area contributed by atoms with Gasteiger partial charge in [0.1, 0.15) is 0 Å². The van der Waals surface area contributed by atoms with E-state index in [2.05, 4.69) is 26.1 Å². The molecule has 1 aliphatic heterocycles. The predicted molar refractivity (Wildman–Crippen MR) is 120 cm³/mol. The number of benzene rings is 1. The molecule has 2 saturated carbocycles. The summed E-state index contributed by atoms with van der Waals surface area (Å²) in [5, 5.41) is 12.3. The summed E-state index contributed by atoms with van der Waals surface area (Å²) in [7, 11) is -3.83. The molecule has 1 aromatic rings. The van der Waals surface area contributed by atoms with Crippen molar-refractivity contribution in [2.75, 3.05) is 26.2 Å². The van der Waals surface area contributed by atoms with Crippen LogP contribution in [0, 0.1) is 23.7 Å². The molecule has 0 radical (unpaired) electrons. The first-order valence-corrected chi connectivity index (χ1v) is 12.7. The summed E-state index contributed by atoms with van der Waals surface area (Å²) in [5.74, 6) is 0.347. The van der Waals surface area contributed by atoms with Crippen LogP contribution in [-0.2, 0) is 10.0 Å². The summed E-state index contributed by atoms with van der Waals surface area (Å²) < 4.78 is 27.9. The molecule has 2 amide bonds. The number of carboxylic acid groups (broad SMARTS) is 1. The third-order valence-electron chi connectivity index (χ3n) is 8.12. The van der Waals surface area contributed by atoms with Crippen molar-refractivity contribution in [1.82, 2.24) is 14.5 Å². The Hall–Kier alpha value is -2.13. The van der Waals surface area contributed by atoms with Crippen molar-refractivity contribution in [1.29, 1.82) is 0 Å².